The normalized spacial score (nSPS) is 19.5. The van der Waals surface area contributed by atoms with E-state index in [-0.39, 0.29) is 25.0 Å². The quantitative estimate of drug-likeness (QED) is 0.932. The summed E-state index contributed by atoms with van der Waals surface area (Å²) in [5.74, 6) is -0.0594. The molecule has 1 heterocycles. The summed E-state index contributed by atoms with van der Waals surface area (Å²) >= 11 is 11.9. The van der Waals surface area contributed by atoms with Crippen LogP contribution in [0, 0.1) is 0 Å². The first kappa shape index (κ1) is 14.6. The topological polar surface area (TPSA) is 49.8 Å². The summed E-state index contributed by atoms with van der Waals surface area (Å²) in [6, 6.07) is 5.32. The summed E-state index contributed by atoms with van der Waals surface area (Å²) in [6.07, 6.45) is -0.0557. The standard InChI is InChI=1S/C13H15Cl2NO3/c14-10-2-1-9(7-11(10)15)12-8-16(4-6-19-12)13(18)3-5-17/h1-2,7,12,17H,3-6,8H2/t12-/m1/s1. The molecule has 1 aliphatic heterocycles. The zero-order chi connectivity index (χ0) is 13.8. The summed E-state index contributed by atoms with van der Waals surface area (Å²) < 4.78 is 5.66. The molecule has 1 fully saturated rings. The molecule has 0 unspecified atom stereocenters. The lowest BCUT2D eigenvalue weighted by Gasteiger charge is -2.33. The molecule has 0 radical (unpaired) electrons. The lowest BCUT2D eigenvalue weighted by Crippen LogP contribution is -2.42. The van der Waals surface area contributed by atoms with E-state index in [0.717, 1.165) is 5.56 Å². The molecule has 1 N–H and O–H groups in total. The number of hydrogen-bond donors (Lipinski definition) is 1. The van der Waals surface area contributed by atoms with Crippen LogP contribution in [0.1, 0.15) is 18.1 Å². The smallest absolute Gasteiger partial charge is 0.225 e. The average Bonchev–Trinajstić information content (AvgIpc) is 2.42. The lowest BCUT2D eigenvalue weighted by molar-refractivity contribution is -0.139. The molecule has 1 saturated heterocycles. The SMILES string of the molecule is O=C(CCO)N1CCO[C@@H](c2ccc(Cl)c(Cl)c2)C1. The van der Waals surface area contributed by atoms with Crippen molar-refractivity contribution < 1.29 is 14.6 Å². The van der Waals surface area contributed by atoms with Crippen molar-refractivity contribution in [2.75, 3.05) is 26.3 Å². The van der Waals surface area contributed by atoms with Gasteiger partial charge in [0.05, 0.1) is 29.8 Å². The van der Waals surface area contributed by atoms with Crippen molar-refractivity contribution in [2.45, 2.75) is 12.5 Å². The van der Waals surface area contributed by atoms with E-state index in [1.165, 1.54) is 0 Å². The van der Waals surface area contributed by atoms with Gasteiger partial charge in [0.2, 0.25) is 5.91 Å². The Balaban J connectivity index is 2.08. The van der Waals surface area contributed by atoms with Gasteiger partial charge in [0.25, 0.3) is 0 Å². The molecule has 0 saturated carbocycles. The summed E-state index contributed by atoms with van der Waals surface area (Å²) in [7, 11) is 0. The van der Waals surface area contributed by atoms with E-state index in [4.69, 9.17) is 33.0 Å². The maximum Gasteiger partial charge on any atom is 0.225 e. The zero-order valence-electron chi connectivity index (χ0n) is 10.3. The summed E-state index contributed by atoms with van der Waals surface area (Å²) in [5, 5.41) is 9.77. The molecule has 4 nitrogen and oxygen atoms in total. The van der Waals surface area contributed by atoms with Gasteiger partial charge < -0.3 is 14.7 Å². The van der Waals surface area contributed by atoms with E-state index in [0.29, 0.717) is 29.7 Å². The van der Waals surface area contributed by atoms with Crippen molar-refractivity contribution in [1.82, 2.24) is 4.90 Å². The highest BCUT2D eigenvalue weighted by molar-refractivity contribution is 6.42. The molecule has 0 bridgehead atoms. The Kier molecular flexibility index (Phi) is 5.05. The van der Waals surface area contributed by atoms with Crippen molar-refractivity contribution in [2.24, 2.45) is 0 Å². The zero-order valence-corrected chi connectivity index (χ0v) is 11.8. The Morgan fingerprint density at radius 2 is 2.21 bits per heavy atom. The predicted molar refractivity (Wildman–Crippen MR) is 73.4 cm³/mol. The van der Waals surface area contributed by atoms with Crippen LogP contribution in [0.25, 0.3) is 0 Å². The van der Waals surface area contributed by atoms with Crippen molar-refractivity contribution in [1.29, 1.82) is 0 Å². The number of nitrogens with zero attached hydrogens (tertiary/aromatic N) is 1. The monoisotopic (exact) mass is 303 g/mol. The van der Waals surface area contributed by atoms with Gasteiger partial charge in [0.1, 0.15) is 6.10 Å². The molecule has 1 amide bonds. The molecule has 1 aromatic carbocycles. The van der Waals surface area contributed by atoms with Crippen LogP contribution in [-0.2, 0) is 9.53 Å². The van der Waals surface area contributed by atoms with Gasteiger partial charge in [-0.1, -0.05) is 29.3 Å². The molecule has 19 heavy (non-hydrogen) atoms. The van der Waals surface area contributed by atoms with Crippen molar-refractivity contribution in [3.63, 3.8) is 0 Å². The fourth-order valence-electron chi connectivity index (χ4n) is 2.04. The van der Waals surface area contributed by atoms with Gasteiger partial charge in [-0.15, -0.1) is 0 Å². The van der Waals surface area contributed by atoms with Crippen LogP contribution in [0.5, 0.6) is 0 Å². The third kappa shape index (κ3) is 3.60. The second-order valence-electron chi connectivity index (χ2n) is 4.35. The van der Waals surface area contributed by atoms with E-state index in [2.05, 4.69) is 0 Å². The molecule has 2 rings (SSSR count). The van der Waals surface area contributed by atoms with Crippen LogP contribution in [-0.4, -0.2) is 42.2 Å². The van der Waals surface area contributed by atoms with Crippen LogP contribution >= 0.6 is 23.2 Å². The summed E-state index contributed by atoms with van der Waals surface area (Å²) in [6.45, 7) is 1.36. The second kappa shape index (κ2) is 6.57. The number of hydrogen-bond acceptors (Lipinski definition) is 3. The fourth-order valence-corrected chi connectivity index (χ4v) is 2.35. The van der Waals surface area contributed by atoms with E-state index in [9.17, 15) is 4.79 Å². The molecular weight excluding hydrogens is 289 g/mol. The molecule has 1 atom stereocenters. The van der Waals surface area contributed by atoms with Crippen LogP contribution in [0.3, 0.4) is 0 Å². The maximum atomic E-state index is 11.8. The number of ether oxygens (including phenoxy) is 1. The third-order valence-corrected chi connectivity index (χ3v) is 3.80. The van der Waals surface area contributed by atoms with E-state index in [1.54, 1.807) is 17.0 Å². The first-order valence-corrected chi connectivity index (χ1v) is 6.82. The molecule has 6 heteroatoms. The number of morpholine rings is 1. The molecular formula is C13H15Cl2NO3. The minimum atomic E-state index is -0.203. The molecule has 0 aromatic heterocycles. The van der Waals surface area contributed by atoms with Crippen molar-refractivity contribution >= 4 is 29.1 Å². The highest BCUT2D eigenvalue weighted by Crippen LogP contribution is 2.29. The Labute approximate surface area is 121 Å². The Morgan fingerprint density at radius 1 is 1.42 bits per heavy atom. The number of aliphatic hydroxyl groups excluding tert-OH is 1. The molecule has 1 aliphatic rings. The van der Waals surface area contributed by atoms with Gasteiger partial charge in [-0.25, -0.2) is 0 Å². The number of aliphatic hydroxyl groups is 1. The van der Waals surface area contributed by atoms with Crippen LogP contribution < -0.4 is 0 Å². The van der Waals surface area contributed by atoms with Crippen LogP contribution in [0.4, 0.5) is 0 Å². The van der Waals surface area contributed by atoms with Crippen LogP contribution in [0.15, 0.2) is 18.2 Å². The van der Waals surface area contributed by atoms with E-state index < -0.39 is 0 Å². The molecule has 1 aromatic rings. The molecule has 0 aliphatic carbocycles. The number of amides is 1. The van der Waals surface area contributed by atoms with Crippen molar-refractivity contribution in [3.8, 4) is 0 Å². The van der Waals surface area contributed by atoms with Crippen molar-refractivity contribution in [3.05, 3.63) is 33.8 Å². The highest BCUT2D eigenvalue weighted by Gasteiger charge is 2.25. The highest BCUT2D eigenvalue weighted by atomic mass is 35.5. The van der Waals surface area contributed by atoms with E-state index in [1.807, 2.05) is 6.07 Å². The van der Waals surface area contributed by atoms with Gasteiger partial charge in [0, 0.05) is 13.0 Å². The second-order valence-corrected chi connectivity index (χ2v) is 5.16. The third-order valence-electron chi connectivity index (χ3n) is 3.06. The Hall–Kier alpha value is -0.810. The average molecular weight is 304 g/mol. The predicted octanol–water partition coefficient (Wildman–Crippen LogP) is 2.28. The number of halogens is 2. The first-order valence-electron chi connectivity index (χ1n) is 6.07. The number of rotatable bonds is 3. The van der Waals surface area contributed by atoms with Gasteiger partial charge in [-0.05, 0) is 17.7 Å². The Bertz CT molecular complexity index is 467. The minimum Gasteiger partial charge on any atom is -0.396 e. The number of benzene rings is 1. The van der Waals surface area contributed by atoms with E-state index >= 15 is 0 Å². The summed E-state index contributed by atoms with van der Waals surface area (Å²) in [4.78, 5) is 13.5. The molecule has 0 spiro atoms. The molecule has 104 valence electrons. The number of carbonyl (C=O) groups excluding carboxylic acids is 1. The fraction of sp³-hybridized carbons (Fsp3) is 0.462. The summed E-state index contributed by atoms with van der Waals surface area (Å²) in [5.41, 5.74) is 0.899. The first-order chi connectivity index (χ1) is 9.11. The Morgan fingerprint density at radius 3 is 2.89 bits per heavy atom. The van der Waals surface area contributed by atoms with Crippen LogP contribution in [0.2, 0.25) is 10.0 Å². The lowest BCUT2D eigenvalue weighted by atomic mass is 10.1. The number of carbonyl (C=O) groups is 1. The van der Waals surface area contributed by atoms with Gasteiger partial charge in [-0.3, -0.25) is 4.79 Å². The van der Waals surface area contributed by atoms with Gasteiger partial charge in [-0.2, -0.15) is 0 Å². The van der Waals surface area contributed by atoms with Gasteiger partial charge >= 0.3 is 0 Å². The largest absolute Gasteiger partial charge is 0.396 e. The maximum absolute atomic E-state index is 11.8. The van der Waals surface area contributed by atoms with Gasteiger partial charge in [0.15, 0.2) is 0 Å². The minimum absolute atomic E-state index is 0.0594.